The standard InChI is InChI=1S/C46H50N4O/c1-31(2)14-11-12-15-34-20-23-42-41(26-34)40-22-21-39(29-43(40)49(42)44-27-35(24-25-47-44)30-46(5,6)7)51-38-19-13-18-37(28-38)50-33(4)45(32(3)48-50)36-16-9-8-10-17-36/h8-10,13,16-29,31H,11-12,14-15,30H2,1-7H3. The third-order valence-electron chi connectivity index (χ3n) is 9.72. The maximum absolute atomic E-state index is 6.62. The number of fused-ring (bicyclic) bond motifs is 3. The van der Waals surface area contributed by atoms with Crippen molar-refractivity contribution in [1.82, 2.24) is 19.3 Å². The van der Waals surface area contributed by atoms with Crippen molar-refractivity contribution in [1.29, 1.82) is 0 Å². The first kappa shape index (κ1) is 34.3. The van der Waals surface area contributed by atoms with Crippen LogP contribution in [0.2, 0.25) is 0 Å². The fourth-order valence-corrected chi connectivity index (χ4v) is 7.43. The molecule has 51 heavy (non-hydrogen) atoms. The van der Waals surface area contributed by atoms with Gasteiger partial charge in [0.05, 0.1) is 22.4 Å². The van der Waals surface area contributed by atoms with Crippen LogP contribution in [0.25, 0.3) is 44.4 Å². The SMILES string of the molecule is Cc1nn(-c2cccc(Oc3ccc4c5cc(CCCCC(C)C)ccc5n(-c5cc(CC(C)(C)C)ccn5)c4c3)c2)c(C)c1-c1ccccc1. The molecule has 0 saturated heterocycles. The van der Waals surface area contributed by atoms with Crippen LogP contribution in [0.15, 0.2) is 109 Å². The number of pyridine rings is 1. The van der Waals surface area contributed by atoms with Crippen molar-refractivity contribution in [3.05, 3.63) is 132 Å². The average Bonchev–Trinajstić information content (AvgIpc) is 3.58. The lowest BCUT2D eigenvalue weighted by Crippen LogP contribution is -2.10. The van der Waals surface area contributed by atoms with Crippen molar-refractivity contribution in [2.24, 2.45) is 11.3 Å². The van der Waals surface area contributed by atoms with Crippen molar-refractivity contribution in [3.8, 4) is 34.1 Å². The molecule has 7 aromatic rings. The minimum absolute atomic E-state index is 0.177. The molecule has 0 aliphatic rings. The van der Waals surface area contributed by atoms with Crippen molar-refractivity contribution in [2.45, 2.75) is 80.6 Å². The van der Waals surface area contributed by atoms with Crippen molar-refractivity contribution in [3.63, 3.8) is 0 Å². The van der Waals surface area contributed by atoms with Gasteiger partial charge < -0.3 is 4.74 Å². The van der Waals surface area contributed by atoms with Crippen molar-refractivity contribution < 1.29 is 4.74 Å². The second kappa shape index (κ2) is 14.2. The summed E-state index contributed by atoms with van der Waals surface area (Å²) in [5.41, 5.74) is 10.5. The van der Waals surface area contributed by atoms with Gasteiger partial charge in [-0.25, -0.2) is 9.67 Å². The third-order valence-corrected chi connectivity index (χ3v) is 9.72. The van der Waals surface area contributed by atoms with Gasteiger partial charge in [0.25, 0.3) is 0 Å². The predicted octanol–water partition coefficient (Wildman–Crippen LogP) is 12.4. The summed E-state index contributed by atoms with van der Waals surface area (Å²) in [4.78, 5) is 4.92. The number of rotatable bonds is 11. The molecule has 260 valence electrons. The summed E-state index contributed by atoms with van der Waals surface area (Å²) in [5, 5.41) is 7.39. The Morgan fingerprint density at radius 1 is 0.725 bits per heavy atom. The molecule has 3 aromatic heterocycles. The summed E-state index contributed by atoms with van der Waals surface area (Å²) in [7, 11) is 0. The van der Waals surface area contributed by atoms with Gasteiger partial charge in [-0.15, -0.1) is 0 Å². The molecule has 0 aliphatic heterocycles. The summed E-state index contributed by atoms with van der Waals surface area (Å²) in [6, 6.07) is 36.5. The Hall–Kier alpha value is -5.16. The van der Waals surface area contributed by atoms with E-state index in [0.717, 1.165) is 64.2 Å². The van der Waals surface area contributed by atoms with E-state index in [1.165, 1.54) is 52.3 Å². The minimum Gasteiger partial charge on any atom is -0.457 e. The van der Waals surface area contributed by atoms with E-state index in [2.05, 4.69) is 138 Å². The molecule has 4 aromatic carbocycles. The van der Waals surface area contributed by atoms with Crippen LogP contribution >= 0.6 is 0 Å². The highest BCUT2D eigenvalue weighted by molar-refractivity contribution is 6.09. The van der Waals surface area contributed by atoms with Gasteiger partial charge in [0.2, 0.25) is 0 Å². The predicted molar refractivity (Wildman–Crippen MR) is 213 cm³/mol. The summed E-state index contributed by atoms with van der Waals surface area (Å²) in [5.74, 6) is 3.22. The Bertz CT molecular complexity index is 2300. The molecule has 0 bridgehead atoms. The van der Waals surface area contributed by atoms with Gasteiger partial charge in [0.15, 0.2) is 0 Å². The molecule has 0 radical (unpaired) electrons. The molecule has 5 nitrogen and oxygen atoms in total. The zero-order valence-electron chi connectivity index (χ0n) is 31.2. The van der Waals surface area contributed by atoms with Gasteiger partial charge in [0.1, 0.15) is 17.3 Å². The molecule has 0 saturated carbocycles. The van der Waals surface area contributed by atoms with Crippen LogP contribution in [0.5, 0.6) is 11.5 Å². The topological polar surface area (TPSA) is 44.9 Å². The molecule has 0 spiro atoms. The fraction of sp³-hybridized carbons (Fsp3) is 0.304. The molecular formula is C46H50N4O. The largest absolute Gasteiger partial charge is 0.457 e. The molecule has 3 heterocycles. The Kier molecular flexibility index (Phi) is 9.56. The normalized spacial score (nSPS) is 12.0. The molecule has 7 rings (SSSR count). The van der Waals surface area contributed by atoms with E-state index < -0.39 is 0 Å². The first-order chi connectivity index (χ1) is 24.5. The lowest BCUT2D eigenvalue weighted by Gasteiger charge is -2.18. The number of nitrogens with zero attached hydrogens (tertiary/aromatic N) is 4. The molecule has 0 atom stereocenters. The first-order valence-corrected chi connectivity index (χ1v) is 18.5. The maximum atomic E-state index is 6.62. The van der Waals surface area contributed by atoms with Crippen LogP contribution in [-0.4, -0.2) is 19.3 Å². The molecule has 0 N–H and O–H groups in total. The van der Waals surface area contributed by atoms with Gasteiger partial charge in [-0.3, -0.25) is 4.57 Å². The molecule has 0 amide bonds. The molecule has 0 aliphatic carbocycles. The highest BCUT2D eigenvalue weighted by Crippen LogP contribution is 2.37. The van der Waals surface area contributed by atoms with Gasteiger partial charge in [-0.2, -0.15) is 5.10 Å². The van der Waals surface area contributed by atoms with E-state index in [-0.39, 0.29) is 5.41 Å². The Morgan fingerprint density at radius 3 is 2.31 bits per heavy atom. The number of hydrogen-bond donors (Lipinski definition) is 0. The highest BCUT2D eigenvalue weighted by Gasteiger charge is 2.18. The second-order valence-corrected chi connectivity index (χ2v) is 15.7. The minimum atomic E-state index is 0.177. The van der Waals surface area contributed by atoms with Gasteiger partial charge in [-0.1, -0.05) is 89.9 Å². The first-order valence-electron chi connectivity index (χ1n) is 18.5. The van der Waals surface area contributed by atoms with Gasteiger partial charge >= 0.3 is 0 Å². The van der Waals surface area contributed by atoms with Crippen LogP contribution in [0, 0.1) is 25.2 Å². The third kappa shape index (κ3) is 7.49. The number of ether oxygens (including phenoxy) is 1. The van der Waals surface area contributed by atoms with E-state index in [0.29, 0.717) is 0 Å². The van der Waals surface area contributed by atoms with Gasteiger partial charge in [-0.05, 0) is 110 Å². The van der Waals surface area contributed by atoms with Crippen LogP contribution in [-0.2, 0) is 12.8 Å². The van der Waals surface area contributed by atoms with Gasteiger partial charge in [0, 0.05) is 40.4 Å². The number of aryl methyl sites for hydroxylation is 2. The molecule has 0 unspecified atom stereocenters. The molecule has 0 fully saturated rings. The summed E-state index contributed by atoms with van der Waals surface area (Å²) < 4.78 is 10.9. The second-order valence-electron chi connectivity index (χ2n) is 15.7. The highest BCUT2D eigenvalue weighted by atomic mass is 16.5. The number of unbranched alkanes of at least 4 members (excludes halogenated alkanes) is 1. The Balaban J connectivity index is 1.26. The molecular weight excluding hydrogens is 625 g/mol. The summed E-state index contributed by atoms with van der Waals surface area (Å²) >= 11 is 0. The van der Waals surface area contributed by atoms with Crippen LogP contribution in [0.3, 0.4) is 0 Å². The van der Waals surface area contributed by atoms with E-state index >= 15 is 0 Å². The number of benzene rings is 4. The average molecular weight is 675 g/mol. The fourth-order valence-electron chi connectivity index (χ4n) is 7.43. The number of hydrogen-bond acceptors (Lipinski definition) is 3. The van der Waals surface area contributed by atoms with E-state index in [1.807, 2.05) is 29.1 Å². The Morgan fingerprint density at radius 2 is 1.53 bits per heavy atom. The quantitative estimate of drug-likeness (QED) is 0.128. The summed E-state index contributed by atoms with van der Waals surface area (Å²) in [6.07, 6.45) is 7.77. The Labute approximate surface area is 302 Å². The van der Waals surface area contributed by atoms with Crippen molar-refractivity contribution in [2.75, 3.05) is 0 Å². The van der Waals surface area contributed by atoms with Crippen molar-refractivity contribution >= 4 is 21.8 Å². The van der Waals surface area contributed by atoms with Crippen LogP contribution in [0.1, 0.15) is 76.4 Å². The monoisotopic (exact) mass is 674 g/mol. The summed E-state index contributed by atoms with van der Waals surface area (Å²) in [6.45, 7) is 15.7. The van der Waals surface area contributed by atoms with Crippen LogP contribution < -0.4 is 4.74 Å². The van der Waals surface area contributed by atoms with Crippen LogP contribution in [0.4, 0.5) is 0 Å². The smallest absolute Gasteiger partial charge is 0.137 e. The zero-order valence-corrected chi connectivity index (χ0v) is 31.2. The lowest BCUT2D eigenvalue weighted by atomic mass is 9.88. The van der Waals surface area contributed by atoms with E-state index in [1.54, 1.807) is 0 Å². The molecule has 5 heteroatoms. The lowest BCUT2D eigenvalue weighted by molar-refractivity contribution is 0.411. The maximum Gasteiger partial charge on any atom is 0.137 e. The zero-order chi connectivity index (χ0) is 35.7. The number of aromatic nitrogens is 4. The van der Waals surface area contributed by atoms with E-state index in [9.17, 15) is 0 Å². The van der Waals surface area contributed by atoms with E-state index in [4.69, 9.17) is 14.8 Å².